The van der Waals surface area contributed by atoms with E-state index in [1.807, 2.05) is 6.92 Å². The molecule has 21 heavy (non-hydrogen) atoms. The highest BCUT2D eigenvalue weighted by Gasteiger charge is 2.34. The Morgan fingerprint density at radius 2 is 1.81 bits per heavy atom. The van der Waals surface area contributed by atoms with Gasteiger partial charge in [-0.1, -0.05) is 17.7 Å². The zero-order valence-electron chi connectivity index (χ0n) is 11.5. The Labute approximate surface area is 120 Å². The average Bonchev–Trinajstić information content (AvgIpc) is 2.41. The minimum absolute atomic E-state index is 0.116. The second-order valence-electron chi connectivity index (χ2n) is 4.36. The molecule has 0 saturated carbocycles. The van der Waals surface area contributed by atoms with Crippen LogP contribution < -0.4 is 10.1 Å². The largest absolute Gasteiger partial charge is 0.439 e. The van der Waals surface area contributed by atoms with Gasteiger partial charge in [0, 0.05) is 12.6 Å². The number of aromatic nitrogens is 2. The fraction of sp³-hybridized carbons (Fsp3) is 0.286. The highest BCUT2D eigenvalue weighted by Crippen LogP contribution is 2.31. The van der Waals surface area contributed by atoms with Crippen LogP contribution >= 0.6 is 0 Å². The summed E-state index contributed by atoms with van der Waals surface area (Å²) in [6.07, 6.45) is -4.56. The molecule has 0 fully saturated rings. The van der Waals surface area contributed by atoms with Gasteiger partial charge in [-0.3, -0.25) is 0 Å². The molecule has 0 spiro atoms. The lowest BCUT2D eigenvalue weighted by Crippen LogP contribution is -2.12. The maximum atomic E-state index is 12.8. The fourth-order valence-electron chi connectivity index (χ4n) is 1.59. The first kappa shape index (κ1) is 15.1. The quantitative estimate of drug-likeness (QED) is 0.925. The van der Waals surface area contributed by atoms with E-state index in [-0.39, 0.29) is 11.8 Å². The standard InChI is InChI=1S/C14H14F3N3O/c1-3-18-13-19-11(14(15,16)17)8-12(20-13)21-10-6-4-9(2)5-7-10/h4-8H,3H2,1-2H3,(H,18,19,20). The van der Waals surface area contributed by atoms with E-state index >= 15 is 0 Å². The van der Waals surface area contributed by atoms with Gasteiger partial charge in [0.2, 0.25) is 11.8 Å². The van der Waals surface area contributed by atoms with E-state index in [0.717, 1.165) is 11.6 Å². The van der Waals surface area contributed by atoms with Gasteiger partial charge in [-0.2, -0.15) is 18.2 Å². The van der Waals surface area contributed by atoms with Crippen molar-refractivity contribution in [1.29, 1.82) is 0 Å². The van der Waals surface area contributed by atoms with Crippen LogP contribution in [-0.2, 0) is 6.18 Å². The predicted molar refractivity (Wildman–Crippen MR) is 72.5 cm³/mol. The van der Waals surface area contributed by atoms with E-state index in [4.69, 9.17) is 4.74 Å². The fourth-order valence-corrected chi connectivity index (χ4v) is 1.59. The Morgan fingerprint density at radius 3 is 2.38 bits per heavy atom. The molecule has 0 aliphatic heterocycles. The van der Waals surface area contributed by atoms with E-state index in [1.54, 1.807) is 31.2 Å². The smallest absolute Gasteiger partial charge is 0.433 e. The number of rotatable bonds is 4. The summed E-state index contributed by atoms with van der Waals surface area (Å²) in [6.45, 7) is 4.05. The lowest BCUT2D eigenvalue weighted by Gasteiger charge is -2.11. The van der Waals surface area contributed by atoms with Crippen LogP contribution in [-0.4, -0.2) is 16.5 Å². The van der Waals surface area contributed by atoms with E-state index in [1.165, 1.54) is 0 Å². The molecule has 0 radical (unpaired) electrons. The molecule has 1 N–H and O–H groups in total. The van der Waals surface area contributed by atoms with Gasteiger partial charge in [0.1, 0.15) is 5.75 Å². The van der Waals surface area contributed by atoms with E-state index < -0.39 is 11.9 Å². The topological polar surface area (TPSA) is 47.0 Å². The monoisotopic (exact) mass is 297 g/mol. The molecular formula is C14H14F3N3O. The van der Waals surface area contributed by atoms with Gasteiger partial charge in [-0.25, -0.2) is 4.98 Å². The van der Waals surface area contributed by atoms with Gasteiger partial charge < -0.3 is 10.1 Å². The molecule has 0 bridgehead atoms. The summed E-state index contributed by atoms with van der Waals surface area (Å²) in [6, 6.07) is 7.70. The SMILES string of the molecule is CCNc1nc(Oc2ccc(C)cc2)cc(C(F)(F)F)n1. The third-order valence-electron chi connectivity index (χ3n) is 2.57. The Morgan fingerprint density at radius 1 is 1.14 bits per heavy atom. The molecule has 2 aromatic rings. The minimum atomic E-state index is -4.56. The van der Waals surface area contributed by atoms with Crippen molar-refractivity contribution in [1.82, 2.24) is 9.97 Å². The van der Waals surface area contributed by atoms with Crippen molar-refractivity contribution in [2.24, 2.45) is 0 Å². The molecule has 0 saturated heterocycles. The summed E-state index contributed by atoms with van der Waals surface area (Å²) in [5, 5.41) is 2.65. The molecule has 0 amide bonds. The summed E-state index contributed by atoms with van der Waals surface area (Å²) < 4.78 is 43.8. The maximum Gasteiger partial charge on any atom is 0.433 e. The molecule has 0 unspecified atom stereocenters. The Hall–Kier alpha value is -2.31. The molecule has 2 rings (SSSR count). The number of hydrogen-bond acceptors (Lipinski definition) is 4. The number of nitrogens with one attached hydrogen (secondary N) is 1. The number of hydrogen-bond donors (Lipinski definition) is 1. The molecule has 0 aliphatic carbocycles. The van der Waals surface area contributed by atoms with Crippen LogP contribution in [0.2, 0.25) is 0 Å². The predicted octanol–water partition coefficient (Wildman–Crippen LogP) is 4.03. The Bertz CT molecular complexity index is 612. The summed E-state index contributed by atoms with van der Waals surface area (Å²) >= 11 is 0. The molecule has 1 aromatic carbocycles. The normalized spacial score (nSPS) is 11.3. The second kappa shape index (κ2) is 5.99. The molecule has 0 atom stereocenters. The van der Waals surface area contributed by atoms with Crippen molar-refractivity contribution in [3.8, 4) is 11.6 Å². The molecule has 1 heterocycles. The number of ether oxygens (including phenoxy) is 1. The maximum absolute atomic E-state index is 12.8. The number of nitrogens with zero attached hydrogens (tertiary/aromatic N) is 2. The number of alkyl halides is 3. The van der Waals surface area contributed by atoms with Crippen LogP contribution in [0.15, 0.2) is 30.3 Å². The van der Waals surface area contributed by atoms with Gasteiger partial charge >= 0.3 is 6.18 Å². The van der Waals surface area contributed by atoms with Crippen LogP contribution in [0.3, 0.4) is 0 Å². The minimum Gasteiger partial charge on any atom is -0.439 e. The average molecular weight is 297 g/mol. The van der Waals surface area contributed by atoms with Crippen molar-refractivity contribution in [2.75, 3.05) is 11.9 Å². The van der Waals surface area contributed by atoms with Crippen molar-refractivity contribution >= 4 is 5.95 Å². The number of halogens is 3. The van der Waals surface area contributed by atoms with Crippen LogP contribution in [0.5, 0.6) is 11.6 Å². The van der Waals surface area contributed by atoms with Crippen molar-refractivity contribution < 1.29 is 17.9 Å². The molecule has 0 aliphatic rings. The van der Waals surface area contributed by atoms with Crippen LogP contribution in [0, 0.1) is 6.92 Å². The highest BCUT2D eigenvalue weighted by molar-refractivity contribution is 5.35. The number of anilines is 1. The second-order valence-corrected chi connectivity index (χ2v) is 4.36. The Kier molecular flexibility index (Phi) is 4.30. The van der Waals surface area contributed by atoms with E-state index in [9.17, 15) is 13.2 Å². The van der Waals surface area contributed by atoms with Crippen LogP contribution in [0.25, 0.3) is 0 Å². The zero-order chi connectivity index (χ0) is 15.5. The number of aryl methyl sites for hydroxylation is 1. The lowest BCUT2D eigenvalue weighted by molar-refractivity contribution is -0.141. The third kappa shape index (κ3) is 4.08. The van der Waals surface area contributed by atoms with Crippen molar-refractivity contribution in [3.05, 3.63) is 41.6 Å². The first-order valence-corrected chi connectivity index (χ1v) is 6.33. The lowest BCUT2D eigenvalue weighted by atomic mass is 10.2. The number of benzene rings is 1. The van der Waals surface area contributed by atoms with Crippen molar-refractivity contribution in [2.45, 2.75) is 20.0 Å². The molecule has 1 aromatic heterocycles. The molecular weight excluding hydrogens is 283 g/mol. The summed E-state index contributed by atoms with van der Waals surface area (Å²) in [7, 11) is 0. The molecule has 112 valence electrons. The molecule has 7 heteroatoms. The van der Waals surface area contributed by atoms with Crippen LogP contribution in [0.4, 0.5) is 19.1 Å². The summed E-state index contributed by atoms with van der Waals surface area (Å²) in [4.78, 5) is 7.33. The van der Waals surface area contributed by atoms with Gasteiger partial charge in [-0.15, -0.1) is 0 Å². The molecule has 4 nitrogen and oxygen atoms in total. The van der Waals surface area contributed by atoms with E-state index in [2.05, 4.69) is 15.3 Å². The van der Waals surface area contributed by atoms with Gasteiger partial charge in [0.05, 0.1) is 0 Å². The van der Waals surface area contributed by atoms with Gasteiger partial charge in [0.15, 0.2) is 5.69 Å². The van der Waals surface area contributed by atoms with Gasteiger partial charge in [-0.05, 0) is 26.0 Å². The summed E-state index contributed by atoms with van der Waals surface area (Å²) in [5.41, 5.74) is -0.0232. The Balaban J connectivity index is 2.33. The first-order valence-electron chi connectivity index (χ1n) is 6.33. The van der Waals surface area contributed by atoms with Crippen LogP contribution in [0.1, 0.15) is 18.2 Å². The zero-order valence-corrected chi connectivity index (χ0v) is 11.5. The van der Waals surface area contributed by atoms with Gasteiger partial charge in [0.25, 0.3) is 0 Å². The summed E-state index contributed by atoms with van der Waals surface area (Å²) in [5.74, 6) is 0.140. The van der Waals surface area contributed by atoms with E-state index in [0.29, 0.717) is 12.3 Å². The third-order valence-corrected chi connectivity index (χ3v) is 2.57. The first-order chi connectivity index (χ1) is 9.88. The highest BCUT2D eigenvalue weighted by atomic mass is 19.4. The van der Waals surface area contributed by atoms with Crippen molar-refractivity contribution in [3.63, 3.8) is 0 Å².